The number of amides is 2. The summed E-state index contributed by atoms with van der Waals surface area (Å²) in [5, 5.41) is 6.03. The van der Waals surface area contributed by atoms with Crippen LogP contribution >= 0.6 is 0 Å². The molecule has 7 nitrogen and oxygen atoms in total. The summed E-state index contributed by atoms with van der Waals surface area (Å²) in [6.07, 6.45) is 4.72. The molecule has 2 bridgehead atoms. The Labute approximate surface area is 209 Å². The lowest BCUT2D eigenvalue weighted by Gasteiger charge is -2.20. The summed E-state index contributed by atoms with van der Waals surface area (Å²) in [6, 6.07) is 20.3. The topological polar surface area (TPSA) is 96.1 Å². The number of fused-ring (bicyclic) bond motifs is 3. The highest BCUT2D eigenvalue weighted by atomic mass is 16.5. The number of rotatable bonds is 6. The number of aromatic nitrogens is 2. The number of hydrogen-bond acceptors (Lipinski definition) is 4. The van der Waals surface area contributed by atoms with E-state index in [1.807, 2.05) is 42.5 Å². The van der Waals surface area contributed by atoms with Crippen LogP contribution in [0.1, 0.15) is 36.0 Å². The van der Waals surface area contributed by atoms with Gasteiger partial charge >= 0.3 is 0 Å². The van der Waals surface area contributed by atoms with Crippen molar-refractivity contribution in [2.45, 2.75) is 25.7 Å². The summed E-state index contributed by atoms with van der Waals surface area (Å²) in [5.74, 6) is 2.85. The molecule has 2 saturated carbocycles. The van der Waals surface area contributed by atoms with E-state index in [2.05, 4.69) is 15.6 Å². The molecular formula is C29H28N4O3. The highest BCUT2D eigenvalue weighted by Gasteiger charge is 2.43. The van der Waals surface area contributed by atoms with E-state index >= 15 is 0 Å². The number of imidazole rings is 1. The Hall–Kier alpha value is -4.13. The van der Waals surface area contributed by atoms with Gasteiger partial charge in [0.05, 0.1) is 18.1 Å². The second-order valence-electron chi connectivity index (χ2n) is 9.85. The monoisotopic (exact) mass is 480 g/mol. The van der Waals surface area contributed by atoms with Crippen molar-refractivity contribution in [2.75, 3.05) is 17.7 Å². The fourth-order valence-corrected chi connectivity index (χ4v) is 5.68. The summed E-state index contributed by atoms with van der Waals surface area (Å²) in [4.78, 5) is 33.4. The highest BCUT2D eigenvalue weighted by Crippen LogP contribution is 2.48. The number of aromatic amines is 1. The molecule has 7 heteroatoms. The number of hydrogen-bond donors (Lipinski definition) is 3. The molecule has 2 fully saturated rings. The fourth-order valence-electron chi connectivity index (χ4n) is 5.68. The van der Waals surface area contributed by atoms with Gasteiger partial charge in [-0.3, -0.25) is 9.59 Å². The van der Waals surface area contributed by atoms with Gasteiger partial charge in [0.1, 0.15) is 11.6 Å². The van der Waals surface area contributed by atoms with Crippen LogP contribution in [-0.2, 0) is 4.79 Å². The first-order valence-electron chi connectivity index (χ1n) is 12.4. The molecule has 3 N–H and O–H groups in total. The third kappa shape index (κ3) is 4.33. The van der Waals surface area contributed by atoms with E-state index in [1.54, 1.807) is 31.4 Å². The predicted octanol–water partition coefficient (Wildman–Crippen LogP) is 5.87. The summed E-state index contributed by atoms with van der Waals surface area (Å²) >= 11 is 0. The summed E-state index contributed by atoms with van der Waals surface area (Å²) in [7, 11) is 1.59. The fraction of sp³-hybridized carbons (Fsp3) is 0.276. The van der Waals surface area contributed by atoms with Crippen LogP contribution < -0.4 is 15.4 Å². The van der Waals surface area contributed by atoms with Gasteiger partial charge in [-0.25, -0.2) is 4.98 Å². The molecule has 4 aromatic rings. The van der Waals surface area contributed by atoms with Crippen molar-refractivity contribution >= 4 is 34.2 Å². The van der Waals surface area contributed by atoms with Crippen LogP contribution in [-0.4, -0.2) is 28.9 Å². The molecule has 0 saturated heterocycles. The lowest BCUT2D eigenvalue weighted by atomic mass is 9.88. The summed E-state index contributed by atoms with van der Waals surface area (Å²) < 4.78 is 5.14. The van der Waals surface area contributed by atoms with Crippen molar-refractivity contribution in [2.24, 2.45) is 17.8 Å². The third-order valence-corrected chi connectivity index (χ3v) is 7.59. The molecule has 3 unspecified atom stereocenters. The van der Waals surface area contributed by atoms with Gasteiger partial charge < -0.3 is 20.4 Å². The van der Waals surface area contributed by atoms with Crippen LogP contribution in [0, 0.1) is 17.8 Å². The van der Waals surface area contributed by atoms with E-state index in [4.69, 9.17) is 9.72 Å². The Balaban J connectivity index is 1.13. The second-order valence-corrected chi connectivity index (χ2v) is 9.85. The number of carbonyl (C=O) groups excluding carboxylic acids is 2. The molecule has 1 aromatic heterocycles. The average Bonchev–Trinajstić information content (AvgIpc) is 3.65. The van der Waals surface area contributed by atoms with Gasteiger partial charge in [-0.15, -0.1) is 0 Å². The Bertz CT molecular complexity index is 1430. The van der Waals surface area contributed by atoms with E-state index < -0.39 is 0 Å². The number of anilines is 2. The molecule has 6 rings (SSSR count). The molecular weight excluding hydrogens is 452 g/mol. The van der Waals surface area contributed by atoms with Gasteiger partial charge in [0, 0.05) is 28.4 Å². The minimum Gasteiger partial charge on any atom is -0.497 e. The maximum absolute atomic E-state index is 12.8. The Kier molecular flexibility index (Phi) is 5.68. The van der Waals surface area contributed by atoms with Crippen LogP contribution in [0.25, 0.3) is 22.4 Å². The van der Waals surface area contributed by atoms with E-state index in [0.717, 1.165) is 40.4 Å². The molecule has 1 heterocycles. The van der Waals surface area contributed by atoms with Crippen molar-refractivity contribution in [1.29, 1.82) is 0 Å². The molecule has 36 heavy (non-hydrogen) atoms. The molecule has 2 amide bonds. The molecule has 2 aliphatic rings. The summed E-state index contributed by atoms with van der Waals surface area (Å²) in [6.45, 7) is 0. The van der Waals surface area contributed by atoms with Gasteiger partial charge in [-0.1, -0.05) is 6.42 Å². The van der Waals surface area contributed by atoms with Crippen molar-refractivity contribution < 1.29 is 14.3 Å². The molecule has 0 spiro atoms. The van der Waals surface area contributed by atoms with Crippen molar-refractivity contribution in [3.63, 3.8) is 0 Å². The smallest absolute Gasteiger partial charge is 0.255 e. The van der Waals surface area contributed by atoms with Crippen LogP contribution in [0.2, 0.25) is 0 Å². The number of nitrogens with one attached hydrogen (secondary N) is 3. The first-order valence-corrected chi connectivity index (χ1v) is 12.4. The van der Waals surface area contributed by atoms with Gasteiger partial charge in [-0.2, -0.15) is 0 Å². The maximum atomic E-state index is 12.8. The molecule has 2 aliphatic carbocycles. The first-order chi connectivity index (χ1) is 17.6. The van der Waals surface area contributed by atoms with Crippen molar-refractivity contribution in [1.82, 2.24) is 9.97 Å². The predicted molar refractivity (Wildman–Crippen MR) is 140 cm³/mol. The maximum Gasteiger partial charge on any atom is 0.255 e. The number of H-pyrrole nitrogens is 1. The van der Waals surface area contributed by atoms with Gasteiger partial charge in [0.2, 0.25) is 5.91 Å². The van der Waals surface area contributed by atoms with Crippen molar-refractivity contribution in [3.8, 4) is 17.1 Å². The Morgan fingerprint density at radius 1 is 0.917 bits per heavy atom. The minimum atomic E-state index is -0.186. The second kappa shape index (κ2) is 9.15. The number of carbonyl (C=O) groups is 2. The van der Waals surface area contributed by atoms with Crippen molar-refractivity contribution in [3.05, 3.63) is 72.3 Å². The Morgan fingerprint density at radius 2 is 1.69 bits per heavy atom. The van der Waals surface area contributed by atoms with Crippen LogP contribution in [0.4, 0.5) is 11.4 Å². The summed E-state index contributed by atoms with van der Waals surface area (Å²) in [5.41, 5.74) is 4.65. The normalized spacial score (nSPS) is 20.4. The van der Waals surface area contributed by atoms with Gasteiger partial charge in [-0.05, 0) is 97.8 Å². The zero-order chi connectivity index (χ0) is 24.6. The van der Waals surface area contributed by atoms with Crippen LogP contribution in [0.5, 0.6) is 5.75 Å². The average molecular weight is 481 g/mol. The first kappa shape index (κ1) is 22.3. The number of ether oxygens (including phenoxy) is 1. The lowest BCUT2D eigenvalue weighted by molar-refractivity contribution is -0.121. The van der Waals surface area contributed by atoms with E-state index in [-0.39, 0.29) is 17.7 Å². The van der Waals surface area contributed by atoms with Crippen LogP contribution in [0.15, 0.2) is 66.7 Å². The van der Waals surface area contributed by atoms with E-state index in [0.29, 0.717) is 22.9 Å². The number of methoxy groups -OCH3 is 1. The molecule has 182 valence electrons. The molecule has 0 radical (unpaired) electrons. The SMILES string of the molecule is COc1ccc(C(=O)Nc2ccc(-c3nc4ccc(NC(=O)C5CC6CCC5C6)cc4[nH]3)cc2)cc1. The number of nitrogens with zero attached hydrogens (tertiary/aromatic N) is 1. The quantitative estimate of drug-likeness (QED) is 0.322. The minimum absolute atomic E-state index is 0.147. The third-order valence-electron chi connectivity index (χ3n) is 7.59. The zero-order valence-corrected chi connectivity index (χ0v) is 20.1. The van der Waals surface area contributed by atoms with E-state index in [1.165, 1.54) is 19.3 Å². The zero-order valence-electron chi connectivity index (χ0n) is 20.1. The van der Waals surface area contributed by atoms with Gasteiger partial charge in [0.25, 0.3) is 5.91 Å². The van der Waals surface area contributed by atoms with Crippen LogP contribution in [0.3, 0.4) is 0 Å². The van der Waals surface area contributed by atoms with Gasteiger partial charge in [0.15, 0.2) is 0 Å². The lowest BCUT2D eigenvalue weighted by Crippen LogP contribution is -2.27. The highest BCUT2D eigenvalue weighted by molar-refractivity contribution is 6.04. The standard InChI is InChI=1S/C29H28N4O3/c1-36-23-11-6-19(7-12-23)28(34)30-21-8-4-18(5-9-21)27-32-25-13-10-22(16-26(25)33-27)31-29(35)24-15-17-2-3-20(24)14-17/h4-13,16-17,20,24H,2-3,14-15H2,1H3,(H,30,34)(H,31,35)(H,32,33). The number of benzene rings is 3. The Morgan fingerprint density at radius 3 is 2.39 bits per heavy atom. The van der Waals surface area contributed by atoms with E-state index in [9.17, 15) is 9.59 Å². The molecule has 3 aromatic carbocycles. The molecule has 0 aliphatic heterocycles. The molecule has 3 atom stereocenters. The largest absolute Gasteiger partial charge is 0.497 e.